The summed E-state index contributed by atoms with van der Waals surface area (Å²) in [5.74, 6) is -0.236. The summed E-state index contributed by atoms with van der Waals surface area (Å²) in [4.78, 5) is 6.20. The smallest absolute Gasteiger partial charge is 0.146 e. The second-order valence-corrected chi connectivity index (χ2v) is 4.43. The molecule has 19 heavy (non-hydrogen) atoms. The highest BCUT2D eigenvalue weighted by Gasteiger charge is 2.12. The maximum Gasteiger partial charge on any atom is 0.146 e. The molecule has 1 aromatic carbocycles. The van der Waals surface area contributed by atoms with E-state index in [1.54, 1.807) is 18.3 Å². The first-order chi connectivity index (χ1) is 9.13. The largest absolute Gasteiger partial charge is 0.338 e. The minimum absolute atomic E-state index is 0.0995. The fraction of sp³-hybridized carbons (Fsp3) is 0.267. The number of pyridine rings is 1. The zero-order chi connectivity index (χ0) is 13.8. The van der Waals surface area contributed by atoms with Crippen LogP contribution in [0, 0.1) is 5.82 Å². The highest BCUT2D eigenvalue weighted by atomic mass is 19.1. The van der Waals surface area contributed by atoms with Crippen LogP contribution in [0.15, 0.2) is 42.6 Å². The van der Waals surface area contributed by atoms with Gasteiger partial charge in [0.2, 0.25) is 0 Å². The molecule has 0 unspecified atom stereocenters. The van der Waals surface area contributed by atoms with Gasteiger partial charge in [-0.15, -0.1) is 0 Å². The standard InChI is InChI=1S/C15H18FN3/c1-3-19(15-7-5-4-6-13(15)16)12-8-9-14(11(2)17)18-10-12/h4-11H,3,17H2,1-2H3/t11-/m1/s1. The quantitative estimate of drug-likeness (QED) is 0.915. The van der Waals surface area contributed by atoms with Crippen molar-refractivity contribution in [2.75, 3.05) is 11.4 Å². The zero-order valence-electron chi connectivity index (χ0n) is 11.2. The summed E-state index contributed by atoms with van der Waals surface area (Å²) in [7, 11) is 0. The number of benzene rings is 1. The van der Waals surface area contributed by atoms with E-state index in [1.165, 1.54) is 6.07 Å². The average molecular weight is 259 g/mol. The molecule has 0 saturated carbocycles. The summed E-state index contributed by atoms with van der Waals surface area (Å²) in [6.45, 7) is 4.53. The van der Waals surface area contributed by atoms with E-state index in [1.807, 2.05) is 36.9 Å². The molecule has 100 valence electrons. The third-order valence-corrected chi connectivity index (χ3v) is 3.01. The van der Waals surface area contributed by atoms with Crippen molar-refractivity contribution in [3.05, 3.63) is 54.1 Å². The van der Waals surface area contributed by atoms with Crippen molar-refractivity contribution in [3.8, 4) is 0 Å². The molecule has 1 aromatic heterocycles. The Hall–Kier alpha value is -1.94. The SMILES string of the molecule is CCN(c1ccc([C@@H](C)N)nc1)c1ccccc1F. The molecule has 2 N–H and O–H groups in total. The van der Waals surface area contributed by atoms with Crippen molar-refractivity contribution in [2.24, 2.45) is 5.73 Å². The van der Waals surface area contributed by atoms with Gasteiger partial charge in [0.25, 0.3) is 0 Å². The van der Waals surface area contributed by atoms with Gasteiger partial charge in [0, 0.05) is 12.6 Å². The van der Waals surface area contributed by atoms with E-state index < -0.39 is 0 Å². The Bertz CT molecular complexity index is 537. The molecule has 0 aliphatic rings. The topological polar surface area (TPSA) is 42.1 Å². The number of hydrogen-bond acceptors (Lipinski definition) is 3. The number of nitrogens with two attached hydrogens (primary N) is 1. The maximum absolute atomic E-state index is 13.8. The molecule has 3 nitrogen and oxygen atoms in total. The number of aromatic nitrogens is 1. The van der Waals surface area contributed by atoms with E-state index in [-0.39, 0.29) is 11.9 Å². The lowest BCUT2D eigenvalue weighted by Gasteiger charge is -2.23. The molecule has 2 rings (SSSR count). The van der Waals surface area contributed by atoms with E-state index in [4.69, 9.17) is 5.73 Å². The van der Waals surface area contributed by atoms with Crippen LogP contribution in [0.3, 0.4) is 0 Å². The van der Waals surface area contributed by atoms with Crippen LogP contribution >= 0.6 is 0 Å². The lowest BCUT2D eigenvalue weighted by molar-refractivity contribution is 0.625. The molecule has 0 amide bonds. The van der Waals surface area contributed by atoms with Gasteiger partial charge in [-0.05, 0) is 38.1 Å². The molecular formula is C15H18FN3. The van der Waals surface area contributed by atoms with E-state index in [9.17, 15) is 4.39 Å². The van der Waals surface area contributed by atoms with Gasteiger partial charge in [-0.2, -0.15) is 0 Å². The average Bonchev–Trinajstić information content (AvgIpc) is 2.42. The summed E-state index contributed by atoms with van der Waals surface area (Å²) >= 11 is 0. The van der Waals surface area contributed by atoms with E-state index >= 15 is 0 Å². The fourth-order valence-corrected chi connectivity index (χ4v) is 1.99. The van der Waals surface area contributed by atoms with E-state index in [0.29, 0.717) is 12.2 Å². The Morgan fingerprint density at radius 3 is 2.53 bits per heavy atom. The highest BCUT2D eigenvalue weighted by molar-refractivity contribution is 5.62. The summed E-state index contributed by atoms with van der Waals surface area (Å²) < 4.78 is 13.8. The molecule has 0 aliphatic heterocycles. The van der Waals surface area contributed by atoms with Crippen molar-refractivity contribution >= 4 is 11.4 Å². The monoisotopic (exact) mass is 259 g/mol. The van der Waals surface area contributed by atoms with Crippen molar-refractivity contribution in [1.82, 2.24) is 4.98 Å². The first-order valence-electron chi connectivity index (χ1n) is 6.37. The molecule has 0 saturated heterocycles. The zero-order valence-corrected chi connectivity index (χ0v) is 11.2. The minimum atomic E-state index is -0.236. The second-order valence-electron chi connectivity index (χ2n) is 4.43. The van der Waals surface area contributed by atoms with Gasteiger partial charge >= 0.3 is 0 Å². The number of anilines is 2. The predicted molar refractivity (Wildman–Crippen MR) is 75.9 cm³/mol. The molecule has 1 atom stereocenters. The summed E-state index contributed by atoms with van der Waals surface area (Å²) in [5, 5.41) is 0. The van der Waals surface area contributed by atoms with Crippen LogP contribution in [0.1, 0.15) is 25.6 Å². The van der Waals surface area contributed by atoms with Crippen LogP contribution in [-0.2, 0) is 0 Å². The molecule has 0 radical (unpaired) electrons. The number of para-hydroxylation sites is 1. The lowest BCUT2D eigenvalue weighted by atomic mass is 10.2. The highest BCUT2D eigenvalue weighted by Crippen LogP contribution is 2.27. The van der Waals surface area contributed by atoms with Gasteiger partial charge in [0.05, 0.1) is 23.3 Å². The normalized spacial score (nSPS) is 12.2. The Morgan fingerprint density at radius 2 is 2.00 bits per heavy atom. The number of rotatable bonds is 4. The van der Waals surface area contributed by atoms with Crippen molar-refractivity contribution in [3.63, 3.8) is 0 Å². The summed E-state index contributed by atoms with van der Waals surface area (Å²) in [6, 6.07) is 10.4. The van der Waals surface area contributed by atoms with Crippen LogP contribution in [-0.4, -0.2) is 11.5 Å². The van der Waals surface area contributed by atoms with Crippen LogP contribution < -0.4 is 10.6 Å². The number of hydrogen-bond donors (Lipinski definition) is 1. The molecule has 0 aliphatic carbocycles. The molecule has 4 heteroatoms. The van der Waals surface area contributed by atoms with Gasteiger partial charge in [0.15, 0.2) is 0 Å². The van der Waals surface area contributed by atoms with Crippen LogP contribution in [0.2, 0.25) is 0 Å². The minimum Gasteiger partial charge on any atom is -0.338 e. The number of halogens is 1. The second kappa shape index (κ2) is 5.80. The first kappa shape index (κ1) is 13.5. The van der Waals surface area contributed by atoms with E-state index in [0.717, 1.165) is 11.4 Å². The first-order valence-corrected chi connectivity index (χ1v) is 6.37. The van der Waals surface area contributed by atoms with Crippen molar-refractivity contribution in [1.29, 1.82) is 0 Å². The Morgan fingerprint density at radius 1 is 1.26 bits per heavy atom. The maximum atomic E-state index is 13.8. The van der Waals surface area contributed by atoms with Crippen LogP contribution in [0.4, 0.5) is 15.8 Å². The van der Waals surface area contributed by atoms with Gasteiger partial charge in [-0.1, -0.05) is 12.1 Å². The Balaban J connectivity index is 2.35. The van der Waals surface area contributed by atoms with Crippen LogP contribution in [0.25, 0.3) is 0 Å². The van der Waals surface area contributed by atoms with Gasteiger partial charge in [0.1, 0.15) is 5.82 Å². The van der Waals surface area contributed by atoms with Gasteiger partial charge in [-0.25, -0.2) is 4.39 Å². The predicted octanol–water partition coefficient (Wildman–Crippen LogP) is 3.40. The summed E-state index contributed by atoms with van der Waals surface area (Å²) in [6.07, 6.45) is 1.73. The Kier molecular flexibility index (Phi) is 4.12. The number of nitrogens with zero attached hydrogens (tertiary/aromatic N) is 2. The molecular weight excluding hydrogens is 241 g/mol. The lowest BCUT2D eigenvalue weighted by Crippen LogP contribution is -2.18. The van der Waals surface area contributed by atoms with Crippen molar-refractivity contribution < 1.29 is 4.39 Å². The summed E-state index contributed by atoms with van der Waals surface area (Å²) in [5.41, 5.74) is 8.01. The molecule has 1 heterocycles. The molecule has 0 fully saturated rings. The fourth-order valence-electron chi connectivity index (χ4n) is 1.99. The molecule has 0 spiro atoms. The third kappa shape index (κ3) is 2.90. The van der Waals surface area contributed by atoms with Crippen LogP contribution in [0.5, 0.6) is 0 Å². The van der Waals surface area contributed by atoms with Gasteiger partial charge in [-0.3, -0.25) is 4.98 Å². The van der Waals surface area contributed by atoms with E-state index in [2.05, 4.69) is 4.98 Å². The third-order valence-electron chi connectivity index (χ3n) is 3.01. The Labute approximate surface area is 112 Å². The van der Waals surface area contributed by atoms with Crippen molar-refractivity contribution in [2.45, 2.75) is 19.9 Å². The van der Waals surface area contributed by atoms with Gasteiger partial charge < -0.3 is 10.6 Å². The molecule has 2 aromatic rings. The molecule has 0 bridgehead atoms.